The molecule has 5 nitrogen and oxygen atoms in total. The molecule has 0 radical (unpaired) electrons. The molecule has 19 heavy (non-hydrogen) atoms. The number of hydrogen-bond donors (Lipinski definition) is 2. The van der Waals surface area contributed by atoms with E-state index in [1.807, 2.05) is 24.3 Å². The molecule has 0 aromatic heterocycles. The van der Waals surface area contributed by atoms with Gasteiger partial charge < -0.3 is 19.6 Å². The van der Waals surface area contributed by atoms with Crippen LogP contribution < -0.4 is 15.5 Å². The van der Waals surface area contributed by atoms with E-state index in [9.17, 15) is 0 Å². The smallest absolute Gasteiger partial charge is 0.167 e. The van der Waals surface area contributed by atoms with Gasteiger partial charge in [0, 0.05) is 25.1 Å². The number of ether oxygens (including phenoxy) is 2. The van der Waals surface area contributed by atoms with Crippen molar-refractivity contribution in [1.82, 2.24) is 10.8 Å². The highest BCUT2D eigenvalue weighted by Crippen LogP contribution is 2.24. The molecule has 0 saturated heterocycles. The lowest BCUT2D eigenvalue weighted by atomic mass is 10.1. The van der Waals surface area contributed by atoms with Crippen LogP contribution in [-0.2, 0) is 16.2 Å². The van der Waals surface area contributed by atoms with Crippen LogP contribution in [0.3, 0.4) is 0 Å². The number of hydrogen-bond acceptors (Lipinski definition) is 5. The van der Waals surface area contributed by atoms with E-state index in [-0.39, 0.29) is 6.23 Å². The zero-order valence-corrected chi connectivity index (χ0v) is 10.9. The van der Waals surface area contributed by atoms with Crippen molar-refractivity contribution in [2.45, 2.75) is 19.3 Å². The lowest BCUT2D eigenvalue weighted by Crippen LogP contribution is -2.32. The summed E-state index contributed by atoms with van der Waals surface area (Å²) in [5.74, 6) is 1.88. The van der Waals surface area contributed by atoms with Crippen molar-refractivity contribution in [2.24, 2.45) is 0 Å². The van der Waals surface area contributed by atoms with E-state index in [1.165, 1.54) is 5.57 Å². The molecule has 2 N–H and O–H groups in total. The molecule has 2 aliphatic rings. The number of nitrogens with one attached hydrogen (secondary N) is 2. The monoisotopic (exact) mass is 262 g/mol. The van der Waals surface area contributed by atoms with Gasteiger partial charge in [-0.15, -0.1) is 5.48 Å². The van der Waals surface area contributed by atoms with Crippen molar-refractivity contribution in [3.05, 3.63) is 41.2 Å². The fourth-order valence-corrected chi connectivity index (χ4v) is 2.27. The average molecular weight is 262 g/mol. The van der Waals surface area contributed by atoms with Gasteiger partial charge in [-0.05, 0) is 17.7 Å². The van der Waals surface area contributed by atoms with Gasteiger partial charge in [-0.1, -0.05) is 12.1 Å². The van der Waals surface area contributed by atoms with Crippen molar-refractivity contribution in [3.63, 3.8) is 0 Å². The average Bonchev–Trinajstić information content (AvgIpc) is 2.89. The topological polar surface area (TPSA) is 51.8 Å². The Morgan fingerprint density at radius 2 is 2.16 bits per heavy atom. The summed E-state index contributed by atoms with van der Waals surface area (Å²) in [4.78, 5) is 5.44. The summed E-state index contributed by atoms with van der Waals surface area (Å²) >= 11 is 0. The number of rotatable bonds is 4. The van der Waals surface area contributed by atoms with Crippen LogP contribution in [0, 0.1) is 0 Å². The van der Waals surface area contributed by atoms with Gasteiger partial charge >= 0.3 is 0 Å². The molecule has 1 atom stereocenters. The maximum Gasteiger partial charge on any atom is 0.167 e. The highest BCUT2D eigenvalue weighted by atomic mass is 16.7. The first-order valence-corrected chi connectivity index (χ1v) is 6.46. The predicted octanol–water partition coefficient (Wildman–Crippen LogP) is 1.32. The van der Waals surface area contributed by atoms with E-state index < -0.39 is 0 Å². The van der Waals surface area contributed by atoms with Crippen molar-refractivity contribution < 1.29 is 14.3 Å². The second-order valence-electron chi connectivity index (χ2n) is 4.63. The molecule has 2 aliphatic heterocycles. The van der Waals surface area contributed by atoms with Crippen LogP contribution in [0.2, 0.25) is 0 Å². The number of methoxy groups -OCH3 is 1. The Balaban J connectivity index is 1.58. The second kappa shape index (κ2) is 5.61. The minimum Gasteiger partial charge on any atom is -0.497 e. The summed E-state index contributed by atoms with van der Waals surface area (Å²) in [6.07, 6.45) is 0.773. The van der Waals surface area contributed by atoms with Crippen LogP contribution in [-0.4, -0.2) is 26.4 Å². The van der Waals surface area contributed by atoms with Gasteiger partial charge in [0.1, 0.15) is 11.5 Å². The lowest BCUT2D eigenvalue weighted by Gasteiger charge is -2.17. The summed E-state index contributed by atoms with van der Waals surface area (Å²) in [7, 11) is 1.66. The third-order valence-electron chi connectivity index (χ3n) is 3.38. The third kappa shape index (κ3) is 2.73. The Morgan fingerprint density at radius 3 is 2.95 bits per heavy atom. The predicted molar refractivity (Wildman–Crippen MR) is 70.3 cm³/mol. The van der Waals surface area contributed by atoms with Gasteiger partial charge in [0.15, 0.2) is 6.23 Å². The first-order valence-electron chi connectivity index (χ1n) is 6.46. The van der Waals surface area contributed by atoms with E-state index >= 15 is 0 Å². The van der Waals surface area contributed by atoms with E-state index in [1.54, 1.807) is 7.11 Å². The van der Waals surface area contributed by atoms with Crippen molar-refractivity contribution in [2.75, 3.05) is 20.2 Å². The van der Waals surface area contributed by atoms with E-state index in [0.29, 0.717) is 6.61 Å². The lowest BCUT2D eigenvalue weighted by molar-refractivity contribution is -0.0274. The SMILES string of the molecule is COc1ccc(COC2NOC3=C2CNCC3)cc1. The molecule has 1 aromatic carbocycles. The molecule has 2 heterocycles. The highest BCUT2D eigenvalue weighted by Gasteiger charge is 2.29. The molecule has 0 saturated carbocycles. The van der Waals surface area contributed by atoms with E-state index in [0.717, 1.165) is 36.6 Å². The maximum atomic E-state index is 5.86. The normalized spacial score (nSPS) is 22.1. The summed E-state index contributed by atoms with van der Waals surface area (Å²) in [5.41, 5.74) is 5.22. The van der Waals surface area contributed by atoms with Gasteiger partial charge in [-0.3, -0.25) is 0 Å². The van der Waals surface area contributed by atoms with Gasteiger partial charge in [-0.25, -0.2) is 0 Å². The molecular weight excluding hydrogens is 244 g/mol. The molecular formula is C14H18N2O3. The van der Waals surface area contributed by atoms with Crippen LogP contribution in [0.1, 0.15) is 12.0 Å². The molecule has 5 heteroatoms. The van der Waals surface area contributed by atoms with Gasteiger partial charge in [0.2, 0.25) is 0 Å². The zero-order valence-electron chi connectivity index (χ0n) is 10.9. The minimum atomic E-state index is -0.148. The number of benzene rings is 1. The molecule has 0 amide bonds. The van der Waals surface area contributed by atoms with E-state index in [4.69, 9.17) is 14.3 Å². The molecule has 102 valence electrons. The Bertz CT molecular complexity index is 470. The van der Waals surface area contributed by atoms with Gasteiger partial charge in [-0.2, -0.15) is 0 Å². The van der Waals surface area contributed by atoms with Crippen LogP contribution in [0.4, 0.5) is 0 Å². The summed E-state index contributed by atoms with van der Waals surface area (Å²) < 4.78 is 11.0. The summed E-state index contributed by atoms with van der Waals surface area (Å²) in [6.45, 7) is 2.34. The summed E-state index contributed by atoms with van der Waals surface area (Å²) in [5, 5.41) is 3.33. The molecule has 0 fully saturated rings. The van der Waals surface area contributed by atoms with Crippen molar-refractivity contribution >= 4 is 0 Å². The number of hydroxylamine groups is 1. The second-order valence-corrected chi connectivity index (χ2v) is 4.63. The third-order valence-corrected chi connectivity index (χ3v) is 3.38. The molecule has 1 unspecified atom stereocenters. The highest BCUT2D eigenvalue weighted by molar-refractivity contribution is 5.27. The largest absolute Gasteiger partial charge is 0.497 e. The molecule has 0 bridgehead atoms. The maximum absolute atomic E-state index is 5.86. The Morgan fingerprint density at radius 1 is 1.32 bits per heavy atom. The van der Waals surface area contributed by atoms with E-state index in [2.05, 4.69) is 10.8 Å². The van der Waals surface area contributed by atoms with Crippen molar-refractivity contribution in [3.8, 4) is 5.75 Å². The Kier molecular flexibility index (Phi) is 3.68. The standard InChI is InChI=1S/C14H18N2O3/c1-17-11-4-2-10(3-5-11)9-18-14-12-8-15-7-6-13(12)19-16-14/h2-5,14-16H,6-9H2,1H3. The van der Waals surface area contributed by atoms with Crippen LogP contribution in [0.25, 0.3) is 0 Å². The minimum absolute atomic E-state index is 0.148. The summed E-state index contributed by atoms with van der Waals surface area (Å²) in [6, 6.07) is 7.88. The van der Waals surface area contributed by atoms with Crippen LogP contribution in [0.15, 0.2) is 35.6 Å². The van der Waals surface area contributed by atoms with Gasteiger partial charge in [0.05, 0.1) is 13.7 Å². The first-order chi connectivity index (χ1) is 9.36. The fraction of sp³-hybridized carbons (Fsp3) is 0.429. The zero-order chi connectivity index (χ0) is 13.1. The molecule has 0 spiro atoms. The quantitative estimate of drug-likeness (QED) is 0.857. The molecule has 3 rings (SSSR count). The van der Waals surface area contributed by atoms with Gasteiger partial charge in [0.25, 0.3) is 0 Å². The van der Waals surface area contributed by atoms with Crippen LogP contribution >= 0.6 is 0 Å². The fourth-order valence-electron chi connectivity index (χ4n) is 2.27. The van der Waals surface area contributed by atoms with Crippen molar-refractivity contribution in [1.29, 1.82) is 0 Å². The Hall–Kier alpha value is -1.56. The Labute approximate surface area is 112 Å². The molecule has 0 aliphatic carbocycles. The van der Waals surface area contributed by atoms with Crippen LogP contribution in [0.5, 0.6) is 5.75 Å². The first kappa shape index (κ1) is 12.5. The molecule has 1 aromatic rings.